The molecular formula is C26H23N5O4. The highest BCUT2D eigenvalue weighted by Crippen LogP contribution is 2.41. The molecule has 0 spiro atoms. The molecule has 1 unspecified atom stereocenters. The normalized spacial score (nSPS) is 19.6. The van der Waals surface area contributed by atoms with Gasteiger partial charge < -0.3 is 10.2 Å². The summed E-state index contributed by atoms with van der Waals surface area (Å²) >= 11 is 0. The monoisotopic (exact) mass is 469 g/mol. The zero-order valence-corrected chi connectivity index (χ0v) is 18.9. The Balaban J connectivity index is 1.18. The Morgan fingerprint density at radius 2 is 1.97 bits per heavy atom. The molecule has 4 heterocycles. The number of nitrogens with one attached hydrogen (secondary N) is 2. The molecule has 1 aliphatic carbocycles. The first-order valence-corrected chi connectivity index (χ1v) is 11.8. The van der Waals surface area contributed by atoms with Crippen molar-refractivity contribution in [3.05, 3.63) is 70.5 Å². The van der Waals surface area contributed by atoms with E-state index in [1.165, 1.54) is 4.90 Å². The van der Waals surface area contributed by atoms with Crippen LogP contribution in [0.5, 0.6) is 0 Å². The molecular weight excluding hydrogens is 446 g/mol. The number of fused-ring (bicyclic) bond motifs is 2. The number of rotatable bonds is 5. The van der Waals surface area contributed by atoms with E-state index >= 15 is 0 Å². The van der Waals surface area contributed by atoms with Crippen molar-refractivity contribution in [2.24, 2.45) is 0 Å². The molecule has 2 fully saturated rings. The number of amides is 4. The predicted molar refractivity (Wildman–Crippen MR) is 125 cm³/mol. The maximum atomic E-state index is 13.1. The third-order valence-electron chi connectivity index (χ3n) is 6.87. The van der Waals surface area contributed by atoms with Gasteiger partial charge in [-0.3, -0.25) is 24.5 Å². The summed E-state index contributed by atoms with van der Waals surface area (Å²) < 4.78 is 0. The van der Waals surface area contributed by atoms with E-state index in [0.717, 1.165) is 35.0 Å². The summed E-state index contributed by atoms with van der Waals surface area (Å²) in [6.07, 6.45) is 4.27. The Morgan fingerprint density at radius 1 is 1.11 bits per heavy atom. The number of benzene rings is 1. The molecule has 0 bridgehead atoms. The molecule has 4 amide bonds. The van der Waals surface area contributed by atoms with E-state index in [1.807, 2.05) is 30.3 Å². The van der Waals surface area contributed by atoms with Gasteiger partial charge >= 0.3 is 0 Å². The minimum absolute atomic E-state index is 0.206. The van der Waals surface area contributed by atoms with E-state index in [-0.39, 0.29) is 36.6 Å². The van der Waals surface area contributed by atoms with Crippen molar-refractivity contribution in [1.29, 1.82) is 0 Å². The van der Waals surface area contributed by atoms with Crippen molar-refractivity contribution < 1.29 is 19.2 Å². The van der Waals surface area contributed by atoms with Crippen molar-refractivity contribution >= 4 is 34.7 Å². The van der Waals surface area contributed by atoms with E-state index < -0.39 is 11.9 Å². The van der Waals surface area contributed by atoms with Crippen LogP contribution in [0, 0.1) is 0 Å². The number of aromatic nitrogens is 2. The van der Waals surface area contributed by atoms with Crippen LogP contribution in [0.25, 0.3) is 11.0 Å². The average molecular weight is 470 g/mol. The summed E-state index contributed by atoms with van der Waals surface area (Å²) in [6, 6.07) is 10.4. The molecule has 35 heavy (non-hydrogen) atoms. The summed E-state index contributed by atoms with van der Waals surface area (Å²) in [6.45, 7) is 0.585. The van der Waals surface area contributed by atoms with Crippen molar-refractivity contribution in [2.75, 3.05) is 0 Å². The van der Waals surface area contributed by atoms with Gasteiger partial charge in [0.15, 0.2) is 5.65 Å². The zero-order valence-electron chi connectivity index (χ0n) is 18.9. The second kappa shape index (κ2) is 8.26. The van der Waals surface area contributed by atoms with Crippen LogP contribution in [0.4, 0.5) is 0 Å². The van der Waals surface area contributed by atoms with Crippen LogP contribution in [0.2, 0.25) is 0 Å². The number of carbonyl (C=O) groups excluding carboxylic acids is 4. The first-order valence-electron chi connectivity index (χ1n) is 11.8. The molecule has 1 atom stereocenters. The van der Waals surface area contributed by atoms with Gasteiger partial charge in [0.1, 0.15) is 6.04 Å². The number of imide groups is 1. The first kappa shape index (κ1) is 21.4. The van der Waals surface area contributed by atoms with Gasteiger partial charge in [-0.2, -0.15) is 0 Å². The lowest BCUT2D eigenvalue weighted by atomic mass is 10.0. The lowest BCUT2D eigenvalue weighted by Crippen LogP contribution is -2.52. The number of nitrogens with zero attached hydrogens (tertiary/aromatic N) is 3. The maximum absolute atomic E-state index is 13.1. The number of piperidine rings is 1. The van der Waals surface area contributed by atoms with Crippen LogP contribution in [-0.2, 0) is 22.7 Å². The minimum Gasteiger partial charge on any atom is -0.348 e. The highest BCUT2D eigenvalue weighted by molar-refractivity contribution is 6.05. The van der Waals surface area contributed by atoms with Crippen LogP contribution in [-0.4, -0.2) is 44.5 Å². The average Bonchev–Trinajstić information content (AvgIpc) is 3.66. The van der Waals surface area contributed by atoms with E-state index in [0.29, 0.717) is 29.7 Å². The standard InChI is InChI=1S/C26H23N5O4/c32-21-8-7-20(25(34)29-21)31-13-17-4-3-14(10-18(17)26(31)35)12-28-24(33)19-11-16-2-1-9-27-23(16)30-22(19)15-5-6-15/h1-4,9-11,15,20H,5-8,12-13H2,(H,28,33)(H,29,32,34). The van der Waals surface area contributed by atoms with E-state index in [1.54, 1.807) is 12.3 Å². The van der Waals surface area contributed by atoms with Crippen LogP contribution >= 0.6 is 0 Å². The van der Waals surface area contributed by atoms with Crippen LogP contribution in [0.3, 0.4) is 0 Å². The summed E-state index contributed by atoms with van der Waals surface area (Å²) in [5.41, 5.74) is 4.14. The lowest BCUT2D eigenvalue weighted by Gasteiger charge is -2.29. The molecule has 2 aromatic heterocycles. The van der Waals surface area contributed by atoms with Crippen LogP contribution in [0.1, 0.15) is 69.1 Å². The predicted octanol–water partition coefficient (Wildman–Crippen LogP) is 2.20. The fourth-order valence-corrected chi connectivity index (χ4v) is 4.86. The van der Waals surface area contributed by atoms with Gasteiger partial charge in [0.2, 0.25) is 11.8 Å². The molecule has 176 valence electrons. The Bertz CT molecular complexity index is 1410. The molecule has 1 saturated carbocycles. The number of hydrogen-bond acceptors (Lipinski definition) is 6. The number of carbonyl (C=O) groups is 4. The van der Waals surface area contributed by atoms with Crippen molar-refractivity contribution in [2.45, 2.75) is 50.7 Å². The topological polar surface area (TPSA) is 121 Å². The van der Waals surface area contributed by atoms with Gasteiger partial charge in [0, 0.05) is 42.6 Å². The molecule has 0 radical (unpaired) electrons. The van der Waals surface area contributed by atoms with Crippen molar-refractivity contribution in [3.8, 4) is 0 Å². The molecule has 2 aliphatic heterocycles. The van der Waals surface area contributed by atoms with Gasteiger partial charge in [0.05, 0.1) is 11.3 Å². The van der Waals surface area contributed by atoms with Gasteiger partial charge in [-0.1, -0.05) is 12.1 Å². The first-order chi connectivity index (χ1) is 17.0. The molecule has 9 heteroatoms. The minimum atomic E-state index is -0.647. The largest absolute Gasteiger partial charge is 0.348 e. The molecule has 1 saturated heterocycles. The van der Waals surface area contributed by atoms with Crippen molar-refractivity contribution in [3.63, 3.8) is 0 Å². The molecule has 6 rings (SSSR count). The molecule has 3 aromatic rings. The van der Waals surface area contributed by atoms with E-state index in [2.05, 4.69) is 20.6 Å². The summed E-state index contributed by atoms with van der Waals surface area (Å²) in [7, 11) is 0. The summed E-state index contributed by atoms with van der Waals surface area (Å²) in [5.74, 6) is -0.887. The molecule has 1 aromatic carbocycles. The summed E-state index contributed by atoms with van der Waals surface area (Å²) in [4.78, 5) is 60.4. The highest BCUT2D eigenvalue weighted by Gasteiger charge is 2.39. The second-order valence-corrected chi connectivity index (χ2v) is 9.32. The van der Waals surface area contributed by atoms with E-state index in [4.69, 9.17) is 0 Å². The second-order valence-electron chi connectivity index (χ2n) is 9.32. The van der Waals surface area contributed by atoms with Gasteiger partial charge in [-0.15, -0.1) is 0 Å². The van der Waals surface area contributed by atoms with Gasteiger partial charge in [-0.05, 0) is 54.7 Å². The fourth-order valence-electron chi connectivity index (χ4n) is 4.86. The number of pyridine rings is 2. The Labute approximate surface area is 200 Å². The molecule has 9 nitrogen and oxygen atoms in total. The lowest BCUT2D eigenvalue weighted by molar-refractivity contribution is -0.136. The Hall–Kier alpha value is -4.14. The van der Waals surface area contributed by atoms with Crippen molar-refractivity contribution in [1.82, 2.24) is 25.5 Å². The third-order valence-corrected chi connectivity index (χ3v) is 6.87. The molecule has 2 N–H and O–H groups in total. The quantitative estimate of drug-likeness (QED) is 0.553. The summed E-state index contributed by atoms with van der Waals surface area (Å²) in [5, 5.41) is 6.10. The van der Waals surface area contributed by atoms with Crippen LogP contribution < -0.4 is 10.6 Å². The van der Waals surface area contributed by atoms with Gasteiger partial charge in [-0.25, -0.2) is 9.97 Å². The van der Waals surface area contributed by atoms with E-state index in [9.17, 15) is 19.2 Å². The smallest absolute Gasteiger partial charge is 0.255 e. The maximum Gasteiger partial charge on any atom is 0.255 e. The molecule has 3 aliphatic rings. The Kier molecular flexibility index (Phi) is 5.05. The fraction of sp³-hybridized carbons (Fsp3) is 0.308. The van der Waals surface area contributed by atoms with Gasteiger partial charge in [0.25, 0.3) is 11.8 Å². The van der Waals surface area contributed by atoms with Crippen LogP contribution in [0.15, 0.2) is 42.6 Å². The Morgan fingerprint density at radius 3 is 2.77 bits per heavy atom. The number of hydrogen-bond donors (Lipinski definition) is 2. The SMILES string of the molecule is O=C1CCC(N2Cc3ccc(CNC(=O)c4cc5cccnc5nc4C4CC4)cc3C2=O)C(=O)N1. The zero-order chi connectivity index (χ0) is 24.1. The third kappa shape index (κ3) is 3.92. The highest BCUT2D eigenvalue weighted by atomic mass is 16.2.